The van der Waals surface area contributed by atoms with Crippen LogP contribution in [0.4, 0.5) is 11.4 Å². The number of aryl methyl sites for hydroxylation is 2. The molecule has 132 valence electrons. The molecule has 0 aromatic heterocycles. The summed E-state index contributed by atoms with van der Waals surface area (Å²) in [5.74, 6) is 0.0243. The molecule has 0 spiro atoms. The molecule has 0 bridgehead atoms. The van der Waals surface area contributed by atoms with Crippen molar-refractivity contribution in [3.05, 3.63) is 57.6 Å². The quantitative estimate of drug-likeness (QED) is 0.728. The number of halogens is 2. The van der Waals surface area contributed by atoms with Crippen LogP contribution in [0.25, 0.3) is 0 Å². The molecule has 0 aliphatic rings. The van der Waals surface area contributed by atoms with Gasteiger partial charge in [0, 0.05) is 21.4 Å². The molecule has 2 rings (SSSR count). The Balaban J connectivity index is 1.78. The molecule has 0 atom stereocenters. The molecule has 0 saturated carbocycles. The summed E-state index contributed by atoms with van der Waals surface area (Å²) in [5.41, 5.74) is 3.21. The Morgan fingerprint density at radius 3 is 2.04 bits per heavy atom. The van der Waals surface area contributed by atoms with Crippen LogP contribution in [-0.2, 0) is 9.59 Å². The van der Waals surface area contributed by atoms with Crippen LogP contribution in [0.15, 0.2) is 36.4 Å². The predicted molar refractivity (Wildman–Crippen MR) is 107 cm³/mol. The fourth-order valence-electron chi connectivity index (χ4n) is 2.11. The van der Waals surface area contributed by atoms with Gasteiger partial charge in [0.25, 0.3) is 0 Å². The van der Waals surface area contributed by atoms with Crippen LogP contribution in [0.1, 0.15) is 11.1 Å². The van der Waals surface area contributed by atoms with Gasteiger partial charge in [-0.25, -0.2) is 0 Å². The number of amides is 2. The number of rotatable bonds is 6. The van der Waals surface area contributed by atoms with Gasteiger partial charge in [-0.05, 0) is 55.3 Å². The van der Waals surface area contributed by atoms with Crippen LogP contribution in [0.2, 0.25) is 10.0 Å². The van der Waals surface area contributed by atoms with E-state index in [4.69, 9.17) is 23.2 Å². The Morgan fingerprint density at radius 2 is 1.40 bits per heavy atom. The highest BCUT2D eigenvalue weighted by Gasteiger charge is 2.09. The summed E-state index contributed by atoms with van der Waals surface area (Å²) in [6.45, 7) is 3.76. The van der Waals surface area contributed by atoms with Crippen molar-refractivity contribution in [3.8, 4) is 0 Å². The molecular weight excluding hydrogens is 379 g/mol. The number of hydrogen-bond acceptors (Lipinski definition) is 3. The summed E-state index contributed by atoms with van der Waals surface area (Å²) in [4.78, 5) is 24.0. The van der Waals surface area contributed by atoms with Crippen LogP contribution in [0.5, 0.6) is 0 Å². The van der Waals surface area contributed by atoms with Crippen molar-refractivity contribution in [2.45, 2.75) is 13.8 Å². The maximum atomic E-state index is 12.0. The lowest BCUT2D eigenvalue weighted by atomic mass is 10.2. The molecule has 2 N–H and O–H groups in total. The van der Waals surface area contributed by atoms with Crippen LogP contribution >= 0.6 is 35.0 Å². The predicted octanol–water partition coefficient (Wildman–Crippen LogP) is 4.92. The van der Waals surface area contributed by atoms with Crippen LogP contribution in [0, 0.1) is 13.8 Å². The SMILES string of the molecule is Cc1cc(Cl)ccc1NC(=O)CSCC(=O)Nc1cc(Cl)ccc1C. The summed E-state index contributed by atoms with van der Waals surface area (Å²) < 4.78 is 0. The van der Waals surface area contributed by atoms with Crippen LogP contribution in [-0.4, -0.2) is 23.3 Å². The van der Waals surface area contributed by atoms with Crippen molar-refractivity contribution in [1.82, 2.24) is 0 Å². The number of anilines is 2. The van der Waals surface area contributed by atoms with Gasteiger partial charge in [0.05, 0.1) is 11.5 Å². The van der Waals surface area contributed by atoms with Gasteiger partial charge >= 0.3 is 0 Å². The Hall–Kier alpha value is -1.69. The van der Waals surface area contributed by atoms with Gasteiger partial charge in [0.1, 0.15) is 0 Å². The van der Waals surface area contributed by atoms with E-state index >= 15 is 0 Å². The molecule has 0 aliphatic heterocycles. The zero-order valence-corrected chi connectivity index (χ0v) is 16.2. The first-order valence-corrected chi connectivity index (χ1v) is 9.46. The third-order valence-electron chi connectivity index (χ3n) is 3.40. The molecule has 2 aromatic carbocycles. The van der Waals surface area contributed by atoms with Crippen molar-refractivity contribution in [1.29, 1.82) is 0 Å². The zero-order chi connectivity index (χ0) is 18.4. The average molecular weight is 397 g/mol. The smallest absolute Gasteiger partial charge is 0.234 e. The monoisotopic (exact) mass is 396 g/mol. The molecule has 2 amide bonds. The molecule has 2 aromatic rings. The maximum Gasteiger partial charge on any atom is 0.234 e. The second-order valence-corrected chi connectivity index (χ2v) is 7.37. The summed E-state index contributed by atoms with van der Waals surface area (Å²) in [7, 11) is 0. The molecule has 0 saturated heterocycles. The van der Waals surface area contributed by atoms with E-state index in [0.717, 1.165) is 11.1 Å². The number of thioether (sulfide) groups is 1. The number of carbonyl (C=O) groups excluding carboxylic acids is 2. The van der Waals surface area contributed by atoms with Gasteiger partial charge in [-0.15, -0.1) is 11.8 Å². The second-order valence-electron chi connectivity index (χ2n) is 5.51. The second kappa shape index (κ2) is 9.13. The van der Waals surface area contributed by atoms with Crippen molar-refractivity contribution >= 4 is 58.2 Å². The summed E-state index contributed by atoms with van der Waals surface area (Å²) in [6.07, 6.45) is 0. The van der Waals surface area contributed by atoms with Crippen molar-refractivity contribution in [2.75, 3.05) is 22.1 Å². The molecule has 0 radical (unpaired) electrons. The van der Waals surface area contributed by atoms with Crippen molar-refractivity contribution in [3.63, 3.8) is 0 Å². The van der Waals surface area contributed by atoms with E-state index in [0.29, 0.717) is 21.4 Å². The molecule has 4 nitrogen and oxygen atoms in total. The van der Waals surface area contributed by atoms with Crippen LogP contribution in [0.3, 0.4) is 0 Å². The molecular formula is C18H18Cl2N2O2S. The number of hydrogen-bond donors (Lipinski definition) is 2. The number of nitrogens with one attached hydrogen (secondary N) is 2. The molecule has 0 heterocycles. The molecule has 7 heteroatoms. The van der Waals surface area contributed by atoms with Crippen molar-refractivity contribution < 1.29 is 9.59 Å². The van der Waals surface area contributed by atoms with Gasteiger partial charge < -0.3 is 10.6 Å². The molecule has 0 aliphatic carbocycles. The summed E-state index contributed by atoms with van der Waals surface area (Å²) in [5, 5.41) is 6.79. The van der Waals surface area contributed by atoms with Crippen molar-refractivity contribution in [2.24, 2.45) is 0 Å². The standard InChI is InChI=1S/C18H18Cl2N2O2S/c1-11-3-4-14(20)8-16(11)22-18(24)10-25-9-17(23)21-15-6-5-13(19)7-12(15)2/h3-8H,9-10H2,1-2H3,(H,21,23)(H,22,24). The maximum absolute atomic E-state index is 12.0. The van der Waals surface area contributed by atoms with E-state index < -0.39 is 0 Å². The van der Waals surface area contributed by atoms with Gasteiger partial charge in [-0.1, -0.05) is 29.3 Å². The van der Waals surface area contributed by atoms with E-state index in [9.17, 15) is 9.59 Å². The number of benzene rings is 2. The fourth-order valence-corrected chi connectivity index (χ4v) is 3.12. The number of carbonyl (C=O) groups is 2. The lowest BCUT2D eigenvalue weighted by molar-refractivity contribution is -0.114. The van der Waals surface area contributed by atoms with Gasteiger partial charge in [-0.2, -0.15) is 0 Å². The minimum atomic E-state index is -0.175. The minimum Gasteiger partial charge on any atom is -0.325 e. The molecule has 0 unspecified atom stereocenters. The summed E-state index contributed by atoms with van der Waals surface area (Å²) in [6, 6.07) is 10.6. The Bertz CT molecular complexity index is 797. The minimum absolute atomic E-state index is 0.165. The van der Waals surface area contributed by atoms with Gasteiger partial charge in [0.15, 0.2) is 0 Å². The molecule has 25 heavy (non-hydrogen) atoms. The zero-order valence-electron chi connectivity index (χ0n) is 13.9. The molecule has 0 fully saturated rings. The fraction of sp³-hybridized carbons (Fsp3) is 0.222. The normalized spacial score (nSPS) is 10.4. The van der Waals surface area contributed by atoms with E-state index in [2.05, 4.69) is 10.6 Å². The van der Waals surface area contributed by atoms with Gasteiger partial charge in [0.2, 0.25) is 11.8 Å². The lowest BCUT2D eigenvalue weighted by Gasteiger charge is -2.10. The average Bonchev–Trinajstić information content (AvgIpc) is 2.53. The highest BCUT2D eigenvalue weighted by molar-refractivity contribution is 8.00. The van der Waals surface area contributed by atoms with E-state index in [-0.39, 0.29) is 23.3 Å². The van der Waals surface area contributed by atoms with E-state index in [1.165, 1.54) is 11.8 Å². The third-order valence-corrected chi connectivity index (χ3v) is 4.81. The summed E-state index contributed by atoms with van der Waals surface area (Å²) >= 11 is 13.1. The first-order valence-electron chi connectivity index (χ1n) is 7.55. The van der Waals surface area contributed by atoms with E-state index in [1.807, 2.05) is 19.9 Å². The van der Waals surface area contributed by atoms with E-state index in [1.54, 1.807) is 30.3 Å². The highest BCUT2D eigenvalue weighted by Crippen LogP contribution is 2.21. The Morgan fingerprint density at radius 1 is 0.840 bits per heavy atom. The Labute approximate surface area is 161 Å². The topological polar surface area (TPSA) is 58.2 Å². The van der Waals surface area contributed by atoms with Crippen LogP contribution < -0.4 is 10.6 Å². The first kappa shape index (κ1) is 19.6. The third kappa shape index (κ3) is 6.27. The Kier molecular flexibility index (Phi) is 7.17. The highest BCUT2D eigenvalue weighted by atomic mass is 35.5. The largest absolute Gasteiger partial charge is 0.325 e. The lowest BCUT2D eigenvalue weighted by Crippen LogP contribution is -2.19. The first-order chi connectivity index (χ1) is 11.8. The van der Waals surface area contributed by atoms with Gasteiger partial charge in [-0.3, -0.25) is 9.59 Å².